The van der Waals surface area contributed by atoms with Crippen LogP contribution in [0.1, 0.15) is 32.4 Å². The van der Waals surface area contributed by atoms with Gasteiger partial charge in [0.1, 0.15) is 5.82 Å². The summed E-state index contributed by atoms with van der Waals surface area (Å²) in [6, 6.07) is 4.67. The molecule has 0 aliphatic heterocycles. The van der Waals surface area contributed by atoms with E-state index >= 15 is 0 Å². The monoisotopic (exact) mass is 282 g/mol. The summed E-state index contributed by atoms with van der Waals surface area (Å²) < 4.78 is 13.4. The van der Waals surface area contributed by atoms with E-state index in [1.54, 1.807) is 13.0 Å². The molecule has 0 radical (unpaired) electrons. The molecule has 0 spiro atoms. The highest BCUT2D eigenvalue weighted by atomic mass is 19.1. The number of rotatable bonds is 7. The Labute approximate surface area is 122 Å². The van der Waals surface area contributed by atoms with Crippen molar-refractivity contribution in [1.29, 1.82) is 0 Å². The van der Waals surface area contributed by atoms with E-state index in [1.807, 2.05) is 14.1 Å². The number of hydrogen-bond donors (Lipinski definition) is 1. The Morgan fingerprint density at radius 2 is 1.80 bits per heavy atom. The zero-order valence-electron chi connectivity index (χ0n) is 13.2. The molecule has 0 aromatic heterocycles. The SMILES string of the molecule is CC(C)CN(CCN(C)C)c1ccc(F)cc1[C@@H](C)O. The van der Waals surface area contributed by atoms with Gasteiger partial charge < -0.3 is 14.9 Å². The Morgan fingerprint density at radius 1 is 1.15 bits per heavy atom. The first-order chi connectivity index (χ1) is 9.31. The molecule has 0 bridgehead atoms. The summed E-state index contributed by atoms with van der Waals surface area (Å²) in [5.41, 5.74) is 1.58. The normalized spacial score (nSPS) is 13.1. The van der Waals surface area contributed by atoms with Gasteiger partial charge in [0, 0.05) is 30.9 Å². The highest BCUT2D eigenvalue weighted by Gasteiger charge is 2.16. The minimum Gasteiger partial charge on any atom is -0.389 e. The smallest absolute Gasteiger partial charge is 0.123 e. The lowest BCUT2D eigenvalue weighted by atomic mass is 10.1. The van der Waals surface area contributed by atoms with Crippen molar-refractivity contribution in [3.63, 3.8) is 0 Å². The van der Waals surface area contributed by atoms with Crippen LogP contribution in [0.4, 0.5) is 10.1 Å². The quantitative estimate of drug-likeness (QED) is 0.833. The van der Waals surface area contributed by atoms with Crippen molar-refractivity contribution in [2.24, 2.45) is 5.92 Å². The van der Waals surface area contributed by atoms with Gasteiger partial charge in [-0.1, -0.05) is 13.8 Å². The number of aliphatic hydroxyl groups excluding tert-OH is 1. The van der Waals surface area contributed by atoms with Crippen molar-refractivity contribution in [1.82, 2.24) is 4.90 Å². The third kappa shape index (κ3) is 5.10. The first kappa shape index (κ1) is 16.9. The second kappa shape index (κ2) is 7.60. The fraction of sp³-hybridized carbons (Fsp3) is 0.625. The van der Waals surface area contributed by atoms with Gasteiger partial charge in [0.2, 0.25) is 0 Å². The number of likely N-dealkylation sites (N-methyl/N-ethyl adjacent to an activating group) is 1. The molecule has 114 valence electrons. The molecular formula is C16H27FN2O. The van der Waals surface area contributed by atoms with Crippen molar-refractivity contribution in [2.75, 3.05) is 38.6 Å². The highest BCUT2D eigenvalue weighted by Crippen LogP contribution is 2.28. The maximum absolute atomic E-state index is 13.4. The van der Waals surface area contributed by atoms with Gasteiger partial charge in [-0.05, 0) is 45.1 Å². The molecule has 0 aliphatic carbocycles. The van der Waals surface area contributed by atoms with Crippen molar-refractivity contribution >= 4 is 5.69 Å². The van der Waals surface area contributed by atoms with Crippen LogP contribution in [-0.2, 0) is 0 Å². The molecular weight excluding hydrogens is 255 g/mol. The molecule has 0 amide bonds. The van der Waals surface area contributed by atoms with Gasteiger partial charge in [-0.2, -0.15) is 0 Å². The zero-order chi connectivity index (χ0) is 15.3. The summed E-state index contributed by atoms with van der Waals surface area (Å²) in [5, 5.41) is 9.89. The van der Waals surface area contributed by atoms with Crippen LogP contribution in [0.3, 0.4) is 0 Å². The molecule has 3 nitrogen and oxygen atoms in total. The third-order valence-corrected chi connectivity index (χ3v) is 3.18. The summed E-state index contributed by atoms with van der Waals surface area (Å²) in [5.74, 6) is 0.200. The van der Waals surface area contributed by atoms with E-state index in [1.165, 1.54) is 12.1 Å². The lowest BCUT2D eigenvalue weighted by Crippen LogP contribution is -2.35. The number of benzene rings is 1. The Kier molecular flexibility index (Phi) is 6.43. The largest absolute Gasteiger partial charge is 0.389 e. The van der Waals surface area contributed by atoms with E-state index in [4.69, 9.17) is 0 Å². The maximum Gasteiger partial charge on any atom is 0.123 e. The molecule has 0 fully saturated rings. The Hall–Kier alpha value is -1.13. The first-order valence-corrected chi connectivity index (χ1v) is 7.18. The van der Waals surface area contributed by atoms with Crippen LogP contribution in [0.2, 0.25) is 0 Å². The lowest BCUT2D eigenvalue weighted by molar-refractivity contribution is 0.199. The zero-order valence-corrected chi connectivity index (χ0v) is 13.2. The van der Waals surface area contributed by atoms with Gasteiger partial charge in [-0.25, -0.2) is 4.39 Å². The molecule has 0 unspecified atom stereocenters. The van der Waals surface area contributed by atoms with Crippen molar-refractivity contribution < 1.29 is 9.50 Å². The topological polar surface area (TPSA) is 26.7 Å². The molecule has 1 rings (SSSR count). The van der Waals surface area contributed by atoms with Crippen molar-refractivity contribution in [3.8, 4) is 0 Å². The summed E-state index contributed by atoms with van der Waals surface area (Å²) in [6.07, 6.45) is -0.672. The first-order valence-electron chi connectivity index (χ1n) is 7.18. The van der Waals surface area contributed by atoms with Gasteiger partial charge in [0.15, 0.2) is 0 Å². The van der Waals surface area contributed by atoms with Crippen LogP contribution in [0, 0.1) is 11.7 Å². The van der Waals surface area contributed by atoms with Gasteiger partial charge in [0.05, 0.1) is 6.10 Å². The molecule has 0 saturated carbocycles. The Morgan fingerprint density at radius 3 is 2.30 bits per heavy atom. The van der Waals surface area contributed by atoms with Gasteiger partial charge in [-0.15, -0.1) is 0 Å². The van der Waals surface area contributed by atoms with Gasteiger partial charge in [-0.3, -0.25) is 0 Å². The molecule has 1 atom stereocenters. The number of hydrogen-bond acceptors (Lipinski definition) is 3. The predicted molar refractivity (Wildman–Crippen MR) is 82.6 cm³/mol. The summed E-state index contributed by atoms with van der Waals surface area (Å²) in [4.78, 5) is 4.35. The maximum atomic E-state index is 13.4. The second-order valence-corrected chi connectivity index (χ2v) is 6.02. The molecule has 0 heterocycles. The summed E-state index contributed by atoms with van der Waals surface area (Å²) in [6.45, 7) is 8.67. The van der Waals surface area contributed by atoms with E-state index in [-0.39, 0.29) is 5.82 Å². The standard InChI is InChI=1S/C16H27FN2O/c1-12(2)11-19(9-8-18(4)5)16-7-6-14(17)10-15(16)13(3)20/h6-7,10,12-13,20H,8-9,11H2,1-5H3/t13-/m1/s1. The molecule has 4 heteroatoms. The average molecular weight is 282 g/mol. The lowest BCUT2D eigenvalue weighted by Gasteiger charge is -2.30. The Bertz CT molecular complexity index is 419. The number of halogens is 1. The van der Waals surface area contributed by atoms with Crippen LogP contribution in [0.5, 0.6) is 0 Å². The predicted octanol–water partition coefficient (Wildman–Crippen LogP) is 2.90. The number of nitrogens with zero attached hydrogens (tertiary/aromatic N) is 2. The van der Waals surface area contributed by atoms with Crippen LogP contribution in [0.15, 0.2) is 18.2 Å². The van der Waals surface area contributed by atoms with E-state index in [0.717, 1.165) is 25.3 Å². The summed E-state index contributed by atoms with van der Waals surface area (Å²) >= 11 is 0. The minimum absolute atomic E-state index is 0.304. The van der Waals surface area contributed by atoms with E-state index < -0.39 is 6.10 Å². The molecule has 20 heavy (non-hydrogen) atoms. The number of anilines is 1. The van der Waals surface area contributed by atoms with Gasteiger partial charge in [0.25, 0.3) is 0 Å². The average Bonchev–Trinajstić information content (AvgIpc) is 2.33. The molecule has 1 aromatic rings. The number of aliphatic hydroxyl groups is 1. The van der Waals surface area contributed by atoms with Crippen molar-refractivity contribution in [3.05, 3.63) is 29.6 Å². The fourth-order valence-electron chi connectivity index (χ4n) is 2.22. The van der Waals surface area contributed by atoms with Crippen molar-refractivity contribution in [2.45, 2.75) is 26.9 Å². The highest BCUT2D eigenvalue weighted by molar-refractivity contribution is 5.55. The molecule has 0 aliphatic rings. The third-order valence-electron chi connectivity index (χ3n) is 3.18. The summed E-state index contributed by atoms with van der Waals surface area (Å²) in [7, 11) is 4.07. The van der Waals surface area contributed by atoms with Gasteiger partial charge >= 0.3 is 0 Å². The Balaban J connectivity index is 3.05. The second-order valence-electron chi connectivity index (χ2n) is 6.02. The molecule has 1 N–H and O–H groups in total. The van der Waals surface area contributed by atoms with E-state index in [0.29, 0.717) is 11.5 Å². The van der Waals surface area contributed by atoms with E-state index in [9.17, 15) is 9.50 Å². The fourth-order valence-corrected chi connectivity index (χ4v) is 2.22. The molecule has 1 aromatic carbocycles. The van der Waals surface area contributed by atoms with Crippen LogP contribution in [-0.4, -0.2) is 43.7 Å². The molecule has 0 saturated heterocycles. The minimum atomic E-state index is -0.672. The van der Waals surface area contributed by atoms with Crippen LogP contribution >= 0.6 is 0 Å². The van der Waals surface area contributed by atoms with Crippen LogP contribution < -0.4 is 4.90 Å². The van der Waals surface area contributed by atoms with E-state index in [2.05, 4.69) is 23.6 Å². The van der Waals surface area contributed by atoms with Crippen LogP contribution in [0.25, 0.3) is 0 Å².